The number of rotatable bonds is 1. The number of benzene rings is 1. The smallest absolute Gasteiger partial charge is 0.251 e. The number of hydrogen-bond donors (Lipinski definition) is 1. The van der Waals surface area contributed by atoms with E-state index in [4.69, 9.17) is 5.11 Å². The van der Waals surface area contributed by atoms with Gasteiger partial charge in [-0.1, -0.05) is 28.5 Å². The summed E-state index contributed by atoms with van der Waals surface area (Å²) in [7, 11) is 0. The zero-order chi connectivity index (χ0) is 8.39. The summed E-state index contributed by atoms with van der Waals surface area (Å²) in [5.74, 6) is -0.0705. The number of hydrogen-bond acceptors (Lipinski definition) is 3. The van der Waals surface area contributed by atoms with Crippen LogP contribution in [-0.2, 0) is 0 Å². The van der Waals surface area contributed by atoms with Crippen molar-refractivity contribution in [3.05, 3.63) is 36.5 Å². The highest BCUT2D eigenvalue weighted by Gasteiger charge is 1.97. The van der Waals surface area contributed by atoms with Crippen LogP contribution in [-0.4, -0.2) is 20.1 Å². The molecule has 0 saturated heterocycles. The Balaban J connectivity index is 2.45. The van der Waals surface area contributed by atoms with E-state index in [0.29, 0.717) is 0 Å². The lowest BCUT2D eigenvalue weighted by molar-refractivity contribution is 0.452. The Labute approximate surface area is 69.1 Å². The van der Waals surface area contributed by atoms with Crippen LogP contribution in [0.15, 0.2) is 36.5 Å². The van der Waals surface area contributed by atoms with Crippen LogP contribution in [0, 0.1) is 0 Å². The van der Waals surface area contributed by atoms with Gasteiger partial charge in [0.1, 0.15) is 0 Å². The van der Waals surface area contributed by atoms with Crippen molar-refractivity contribution in [2.24, 2.45) is 0 Å². The molecule has 0 radical (unpaired) electrons. The minimum Gasteiger partial charge on any atom is -0.491 e. The second kappa shape index (κ2) is 2.65. The maximum Gasteiger partial charge on any atom is 0.251 e. The Morgan fingerprint density at radius 2 is 1.92 bits per heavy atom. The Morgan fingerprint density at radius 1 is 1.17 bits per heavy atom. The van der Waals surface area contributed by atoms with Gasteiger partial charge < -0.3 is 5.11 Å². The molecule has 1 N–H and O–H groups in total. The van der Waals surface area contributed by atoms with Gasteiger partial charge in [-0.3, -0.25) is 0 Å². The van der Waals surface area contributed by atoms with Gasteiger partial charge in [0, 0.05) is 0 Å². The molecule has 0 aliphatic heterocycles. The third-order valence-electron chi connectivity index (χ3n) is 1.50. The van der Waals surface area contributed by atoms with Crippen molar-refractivity contribution in [1.29, 1.82) is 0 Å². The van der Waals surface area contributed by atoms with E-state index in [1.54, 1.807) is 0 Å². The van der Waals surface area contributed by atoms with E-state index in [0.717, 1.165) is 5.69 Å². The molecule has 0 spiro atoms. The average Bonchev–Trinajstić information content (AvgIpc) is 2.54. The highest BCUT2D eigenvalue weighted by atomic mass is 16.3. The molecule has 60 valence electrons. The minimum atomic E-state index is -0.0705. The van der Waals surface area contributed by atoms with Crippen LogP contribution < -0.4 is 0 Å². The first-order chi connectivity index (χ1) is 5.86. The molecule has 0 atom stereocenters. The van der Waals surface area contributed by atoms with Crippen molar-refractivity contribution >= 4 is 0 Å². The van der Waals surface area contributed by atoms with Crippen LogP contribution in [0.25, 0.3) is 5.69 Å². The molecule has 1 heterocycles. The Kier molecular flexibility index (Phi) is 1.51. The van der Waals surface area contributed by atoms with Crippen LogP contribution in [0.1, 0.15) is 0 Å². The summed E-state index contributed by atoms with van der Waals surface area (Å²) in [4.78, 5) is 0. The molecule has 0 aliphatic carbocycles. The lowest BCUT2D eigenvalue weighted by Crippen LogP contribution is -1.93. The zero-order valence-electron chi connectivity index (χ0n) is 6.25. The van der Waals surface area contributed by atoms with Gasteiger partial charge in [0.2, 0.25) is 0 Å². The highest BCUT2D eigenvalue weighted by Crippen LogP contribution is 2.07. The third kappa shape index (κ3) is 1.14. The van der Waals surface area contributed by atoms with Gasteiger partial charge in [0.05, 0.1) is 11.9 Å². The van der Waals surface area contributed by atoms with E-state index >= 15 is 0 Å². The fraction of sp³-hybridized carbons (Fsp3) is 0. The fourth-order valence-electron chi connectivity index (χ4n) is 0.962. The summed E-state index contributed by atoms with van der Waals surface area (Å²) in [6.07, 6.45) is 1.45. The summed E-state index contributed by atoms with van der Waals surface area (Å²) in [6.45, 7) is 0. The predicted molar refractivity (Wildman–Crippen MR) is 43.0 cm³/mol. The number of para-hydroxylation sites is 1. The first kappa shape index (κ1) is 6.84. The maximum absolute atomic E-state index is 8.92. The Hall–Kier alpha value is -1.84. The molecule has 2 aromatic rings. The molecule has 0 fully saturated rings. The van der Waals surface area contributed by atoms with E-state index in [9.17, 15) is 0 Å². The molecule has 2 rings (SSSR count). The van der Waals surface area contributed by atoms with E-state index in [2.05, 4.69) is 10.3 Å². The number of aromatic nitrogens is 3. The quantitative estimate of drug-likeness (QED) is 0.678. The van der Waals surface area contributed by atoms with E-state index in [-0.39, 0.29) is 5.88 Å². The summed E-state index contributed by atoms with van der Waals surface area (Å²) in [6, 6.07) is 9.48. The lowest BCUT2D eigenvalue weighted by Gasteiger charge is -1.96. The van der Waals surface area contributed by atoms with Crippen LogP contribution >= 0.6 is 0 Å². The second-order valence-electron chi connectivity index (χ2n) is 2.36. The third-order valence-corrected chi connectivity index (χ3v) is 1.50. The van der Waals surface area contributed by atoms with Crippen molar-refractivity contribution in [1.82, 2.24) is 15.0 Å². The highest BCUT2D eigenvalue weighted by molar-refractivity contribution is 5.30. The van der Waals surface area contributed by atoms with Gasteiger partial charge >= 0.3 is 0 Å². The molecular formula is C8H7N3O. The standard InChI is InChI=1S/C8H7N3O/c12-8-6-11(10-9-8)7-4-2-1-3-5-7/h1-6,12H. The average molecular weight is 161 g/mol. The van der Waals surface area contributed by atoms with Crippen molar-refractivity contribution in [2.75, 3.05) is 0 Å². The molecule has 12 heavy (non-hydrogen) atoms. The summed E-state index contributed by atoms with van der Waals surface area (Å²) < 4.78 is 1.51. The molecule has 4 heteroatoms. The first-order valence-corrected chi connectivity index (χ1v) is 3.53. The molecule has 1 aromatic heterocycles. The van der Waals surface area contributed by atoms with Crippen molar-refractivity contribution in [3.63, 3.8) is 0 Å². The molecular weight excluding hydrogens is 154 g/mol. The first-order valence-electron chi connectivity index (χ1n) is 3.53. The Morgan fingerprint density at radius 3 is 2.50 bits per heavy atom. The number of nitrogens with zero attached hydrogens (tertiary/aromatic N) is 3. The van der Waals surface area contributed by atoms with Gasteiger partial charge in [-0.2, -0.15) is 0 Å². The monoisotopic (exact) mass is 161 g/mol. The van der Waals surface area contributed by atoms with Gasteiger partial charge in [-0.05, 0) is 12.1 Å². The Bertz CT molecular complexity index is 369. The zero-order valence-corrected chi connectivity index (χ0v) is 6.25. The largest absolute Gasteiger partial charge is 0.491 e. The topological polar surface area (TPSA) is 50.9 Å². The molecule has 4 nitrogen and oxygen atoms in total. The summed E-state index contributed by atoms with van der Waals surface area (Å²) in [5.41, 5.74) is 0.880. The van der Waals surface area contributed by atoms with Gasteiger partial charge in [-0.25, -0.2) is 4.68 Å². The second-order valence-corrected chi connectivity index (χ2v) is 2.36. The van der Waals surface area contributed by atoms with E-state index in [1.807, 2.05) is 30.3 Å². The van der Waals surface area contributed by atoms with Crippen molar-refractivity contribution in [2.45, 2.75) is 0 Å². The molecule has 0 aliphatic rings. The fourth-order valence-corrected chi connectivity index (χ4v) is 0.962. The van der Waals surface area contributed by atoms with Gasteiger partial charge in [-0.15, -0.1) is 0 Å². The van der Waals surface area contributed by atoms with Crippen LogP contribution in [0.4, 0.5) is 0 Å². The van der Waals surface area contributed by atoms with Gasteiger partial charge in [0.15, 0.2) is 0 Å². The normalized spacial score (nSPS) is 10.0. The summed E-state index contributed by atoms with van der Waals surface area (Å²) >= 11 is 0. The number of aromatic hydroxyl groups is 1. The van der Waals surface area contributed by atoms with Crippen molar-refractivity contribution in [3.8, 4) is 11.6 Å². The maximum atomic E-state index is 8.92. The molecule has 1 aromatic carbocycles. The predicted octanol–water partition coefficient (Wildman–Crippen LogP) is 0.973. The van der Waals surface area contributed by atoms with E-state index < -0.39 is 0 Å². The van der Waals surface area contributed by atoms with Crippen LogP contribution in [0.2, 0.25) is 0 Å². The molecule has 0 amide bonds. The van der Waals surface area contributed by atoms with Crippen molar-refractivity contribution < 1.29 is 5.11 Å². The SMILES string of the molecule is Oc1cn(-c2ccccc2)nn1. The lowest BCUT2D eigenvalue weighted by atomic mass is 10.3. The molecule has 0 unspecified atom stereocenters. The minimum absolute atomic E-state index is 0.0705. The van der Waals surface area contributed by atoms with Crippen LogP contribution in [0.3, 0.4) is 0 Å². The molecule has 0 bridgehead atoms. The van der Waals surface area contributed by atoms with E-state index in [1.165, 1.54) is 10.9 Å². The summed E-state index contributed by atoms with van der Waals surface area (Å²) in [5, 5.41) is 16.1. The molecule has 0 saturated carbocycles. The van der Waals surface area contributed by atoms with Gasteiger partial charge in [0.25, 0.3) is 5.88 Å². The van der Waals surface area contributed by atoms with Crippen LogP contribution in [0.5, 0.6) is 5.88 Å².